The third kappa shape index (κ3) is 3.00. The van der Waals surface area contributed by atoms with Gasteiger partial charge in [0.2, 0.25) is 0 Å². The Bertz CT molecular complexity index is 638. The van der Waals surface area contributed by atoms with E-state index < -0.39 is 11.6 Å². The van der Waals surface area contributed by atoms with E-state index in [4.69, 9.17) is 11.6 Å². The Morgan fingerprint density at radius 2 is 1.70 bits per heavy atom. The monoisotopic (exact) mass is 293 g/mol. The molecule has 20 heavy (non-hydrogen) atoms. The van der Waals surface area contributed by atoms with Gasteiger partial charge in [-0.2, -0.15) is 0 Å². The van der Waals surface area contributed by atoms with Crippen LogP contribution in [0, 0.1) is 11.6 Å². The number of rotatable bonds is 4. The Morgan fingerprint density at radius 1 is 1.00 bits per heavy atom. The van der Waals surface area contributed by atoms with Gasteiger partial charge in [-0.25, -0.2) is 8.78 Å². The molecule has 0 bridgehead atoms. The molecule has 0 heterocycles. The van der Waals surface area contributed by atoms with E-state index in [1.165, 1.54) is 18.9 Å². The standard InChI is InChI=1S/C16H14ClF2N/c17-14-7-10(11-3-6-15(18)16(19)8-11)1-2-12(14)9-20-13-4-5-13/h1-3,6-8,13,20H,4-5,9H2. The minimum absolute atomic E-state index is 0.618. The van der Waals surface area contributed by atoms with Gasteiger partial charge in [0.1, 0.15) is 0 Å². The number of hydrogen-bond donors (Lipinski definition) is 1. The van der Waals surface area contributed by atoms with Crippen molar-refractivity contribution in [2.24, 2.45) is 0 Å². The molecule has 0 spiro atoms. The van der Waals surface area contributed by atoms with Crippen LogP contribution in [0.4, 0.5) is 8.78 Å². The molecule has 1 N–H and O–H groups in total. The second kappa shape index (κ2) is 5.51. The highest BCUT2D eigenvalue weighted by Crippen LogP contribution is 2.27. The lowest BCUT2D eigenvalue weighted by atomic mass is 10.0. The minimum atomic E-state index is -0.849. The SMILES string of the molecule is Fc1ccc(-c2ccc(CNC3CC3)c(Cl)c2)cc1F. The molecule has 0 unspecified atom stereocenters. The summed E-state index contributed by atoms with van der Waals surface area (Å²) < 4.78 is 26.2. The van der Waals surface area contributed by atoms with Crippen LogP contribution in [0.3, 0.4) is 0 Å². The molecule has 0 amide bonds. The zero-order valence-corrected chi connectivity index (χ0v) is 11.6. The summed E-state index contributed by atoms with van der Waals surface area (Å²) in [7, 11) is 0. The van der Waals surface area contributed by atoms with Crippen LogP contribution >= 0.6 is 11.6 Å². The van der Waals surface area contributed by atoms with Crippen LogP contribution < -0.4 is 5.32 Å². The van der Waals surface area contributed by atoms with Crippen molar-refractivity contribution in [2.75, 3.05) is 0 Å². The summed E-state index contributed by atoms with van der Waals surface area (Å²) in [5, 5.41) is 4.03. The fourth-order valence-corrected chi connectivity index (χ4v) is 2.34. The highest BCUT2D eigenvalue weighted by atomic mass is 35.5. The summed E-state index contributed by atoms with van der Waals surface area (Å²) in [6.07, 6.45) is 2.45. The Morgan fingerprint density at radius 3 is 2.35 bits per heavy atom. The summed E-state index contributed by atoms with van der Waals surface area (Å²) in [6.45, 7) is 0.738. The molecule has 2 aromatic rings. The maximum Gasteiger partial charge on any atom is 0.159 e. The van der Waals surface area contributed by atoms with Crippen LogP contribution in [-0.4, -0.2) is 6.04 Å². The van der Waals surface area contributed by atoms with E-state index in [9.17, 15) is 8.78 Å². The Labute approximate surface area is 121 Å². The first-order chi connectivity index (χ1) is 9.63. The summed E-state index contributed by atoms with van der Waals surface area (Å²) in [4.78, 5) is 0. The van der Waals surface area contributed by atoms with Crippen molar-refractivity contribution in [3.8, 4) is 11.1 Å². The molecule has 0 aromatic heterocycles. The van der Waals surface area contributed by atoms with Gasteiger partial charge in [-0.1, -0.05) is 29.8 Å². The number of benzene rings is 2. The molecule has 3 rings (SSSR count). The molecule has 0 atom stereocenters. The highest BCUT2D eigenvalue weighted by Gasteiger charge is 2.20. The summed E-state index contributed by atoms with van der Waals surface area (Å²) in [5.74, 6) is -1.69. The smallest absolute Gasteiger partial charge is 0.159 e. The van der Waals surface area contributed by atoms with E-state index in [-0.39, 0.29) is 0 Å². The predicted molar refractivity (Wildman–Crippen MR) is 76.7 cm³/mol. The molecule has 4 heteroatoms. The fraction of sp³-hybridized carbons (Fsp3) is 0.250. The second-order valence-corrected chi connectivity index (χ2v) is 5.50. The average molecular weight is 294 g/mol. The average Bonchev–Trinajstić information content (AvgIpc) is 3.24. The Balaban J connectivity index is 1.82. The fourth-order valence-electron chi connectivity index (χ4n) is 2.09. The van der Waals surface area contributed by atoms with Crippen molar-refractivity contribution in [3.05, 3.63) is 58.6 Å². The first kappa shape index (κ1) is 13.5. The third-order valence-electron chi connectivity index (χ3n) is 3.46. The van der Waals surface area contributed by atoms with Crippen LogP contribution in [0.2, 0.25) is 5.02 Å². The maximum atomic E-state index is 13.2. The molecule has 1 aliphatic rings. The van der Waals surface area contributed by atoms with E-state index in [0.29, 0.717) is 16.6 Å². The highest BCUT2D eigenvalue weighted by molar-refractivity contribution is 6.31. The molecule has 1 saturated carbocycles. The molecule has 0 radical (unpaired) electrons. The van der Waals surface area contributed by atoms with Gasteiger partial charge in [0, 0.05) is 17.6 Å². The van der Waals surface area contributed by atoms with Gasteiger partial charge in [-0.3, -0.25) is 0 Å². The molecule has 1 fully saturated rings. The normalized spacial score (nSPS) is 14.6. The molecule has 1 nitrogen and oxygen atoms in total. The Kier molecular flexibility index (Phi) is 3.72. The largest absolute Gasteiger partial charge is 0.310 e. The molecular formula is C16H14ClF2N. The van der Waals surface area contributed by atoms with Crippen molar-refractivity contribution >= 4 is 11.6 Å². The van der Waals surface area contributed by atoms with Crippen molar-refractivity contribution in [1.29, 1.82) is 0 Å². The summed E-state index contributed by atoms with van der Waals surface area (Å²) in [6, 6.07) is 10.1. The van der Waals surface area contributed by atoms with Gasteiger partial charge < -0.3 is 5.32 Å². The number of hydrogen-bond acceptors (Lipinski definition) is 1. The second-order valence-electron chi connectivity index (χ2n) is 5.09. The number of halogens is 3. The lowest BCUT2D eigenvalue weighted by Crippen LogP contribution is -2.15. The van der Waals surface area contributed by atoms with Crippen molar-refractivity contribution < 1.29 is 8.78 Å². The molecule has 2 aromatic carbocycles. The van der Waals surface area contributed by atoms with Gasteiger partial charge in [-0.15, -0.1) is 0 Å². The van der Waals surface area contributed by atoms with Gasteiger partial charge in [0.15, 0.2) is 11.6 Å². The van der Waals surface area contributed by atoms with Crippen LogP contribution in [0.5, 0.6) is 0 Å². The van der Waals surface area contributed by atoms with Gasteiger partial charge in [0.05, 0.1) is 0 Å². The lowest BCUT2D eigenvalue weighted by Gasteiger charge is -2.08. The van der Waals surface area contributed by atoms with Crippen molar-refractivity contribution in [2.45, 2.75) is 25.4 Å². The zero-order chi connectivity index (χ0) is 14.1. The van der Waals surface area contributed by atoms with Crippen LogP contribution in [0.25, 0.3) is 11.1 Å². The topological polar surface area (TPSA) is 12.0 Å². The van der Waals surface area contributed by atoms with Crippen LogP contribution in [-0.2, 0) is 6.54 Å². The van der Waals surface area contributed by atoms with E-state index in [1.807, 2.05) is 12.1 Å². The predicted octanol–water partition coefficient (Wildman–Crippen LogP) is 4.54. The maximum absolute atomic E-state index is 13.2. The van der Waals surface area contributed by atoms with Crippen molar-refractivity contribution in [1.82, 2.24) is 5.32 Å². The lowest BCUT2D eigenvalue weighted by molar-refractivity contribution is 0.509. The molecule has 104 valence electrons. The van der Waals surface area contributed by atoms with Crippen LogP contribution in [0.1, 0.15) is 18.4 Å². The van der Waals surface area contributed by atoms with E-state index in [2.05, 4.69) is 5.32 Å². The summed E-state index contributed by atoms with van der Waals surface area (Å²) >= 11 is 6.25. The van der Waals surface area contributed by atoms with Gasteiger partial charge >= 0.3 is 0 Å². The quantitative estimate of drug-likeness (QED) is 0.873. The van der Waals surface area contributed by atoms with E-state index >= 15 is 0 Å². The van der Waals surface area contributed by atoms with E-state index in [1.54, 1.807) is 12.1 Å². The molecule has 1 aliphatic carbocycles. The first-order valence-corrected chi connectivity index (χ1v) is 6.98. The zero-order valence-electron chi connectivity index (χ0n) is 10.8. The van der Waals surface area contributed by atoms with Gasteiger partial charge in [-0.05, 0) is 47.7 Å². The minimum Gasteiger partial charge on any atom is -0.310 e. The molecular weight excluding hydrogens is 280 g/mol. The van der Waals surface area contributed by atoms with Gasteiger partial charge in [0.25, 0.3) is 0 Å². The third-order valence-corrected chi connectivity index (χ3v) is 3.82. The summed E-state index contributed by atoms with van der Waals surface area (Å²) in [5.41, 5.74) is 2.42. The van der Waals surface area contributed by atoms with Crippen LogP contribution in [0.15, 0.2) is 36.4 Å². The van der Waals surface area contributed by atoms with Crippen molar-refractivity contribution in [3.63, 3.8) is 0 Å². The Hall–Kier alpha value is -1.45. The first-order valence-electron chi connectivity index (χ1n) is 6.61. The van der Waals surface area contributed by atoms with E-state index in [0.717, 1.165) is 23.7 Å². The molecule has 0 aliphatic heterocycles. The number of nitrogens with one attached hydrogen (secondary N) is 1. The molecule has 0 saturated heterocycles.